The third-order valence-electron chi connectivity index (χ3n) is 5.23. The highest BCUT2D eigenvalue weighted by Crippen LogP contribution is 2.44. The molecule has 0 radical (unpaired) electrons. The molecule has 0 heterocycles. The number of nitrogens with one attached hydrogen (secondary N) is 1. The fourth-order valence-electron chi connectivity index (χ4n) is 3.90. The smallest absolute Gasteiger partial charge is 0.408 e. The van der Waals surface area contributed by atoms with Gasteiger partial charge in [0.05, 0.1) is 0 Å². The molecule has 0 saturated heterocycles. The van der Waals surface area contributed by atoms with E-state index in [9.17, 15) is 14.7 Å². The van der Waals surface area contributed by atoms with Gasteiger partial charge in [0.25, 0.3) is 0 Å². The number of ether oxygens (including phenoxy) is 1. The second kappa shape index (κ2) is 7.80. The zero-order valence-corrected chi connectivity index (χ0v) is 16.0. The molecule has 0 aromatic heterocycles. The Bertz CT molecular complexity index is 1030. The van der Waals surface area contributed by atoms with Crippen LogP contribution in [-0.2, 0) is 9.53 Å². The normalized spacial score (nSPS) is 13.3. The van der Waals surface area contributed by atoms with Gasteiger partial charge in [-0.25, -0.2) is 9.59 Å². The number of aryl methyl sites for hydroxylation is 1. The van der Waals surface area contributed by atoms with Crippen LogP contribution in [-0.4, -0.2) is 23.8 Å². The molecule has 0 aliphatic heterocycles. The van der Waals surface area contributed by atoms with Crippen LogP contribution in [0.25, 0.3) is 11.1 Å². The maximum Gasteiger partial charge on any atom is 0.408 e. The van der Waals surface area contributed by atoms with Gasteiger partial charge in [-0.3, -0.25) is 0 Å². The summed E-state index contributed by atoms with van der Waals surface area (Å²) < 4.78 is 5.46. The molecule has 0 fully saturated rings. The Morgan fingerprint density at radius 2 is 1.59 bits per heavy atom. The summed E-state index contributed by atoms with van der Waals surface area (Å²) in [6, 6.07) is 22.0. The van der Waals surface area contributed by atoms with Crippen LogP contribution in [0.5, 0.6) is 0 Å². The molecular weight excluding hydrogens is 366 g/mol. The third-order valence-corrected chi connectivity index (χ3v) is 5.23. The molecule has 2 N–H and O–H groups in total. The third kappa shape index (κ3) is 3.72. The second-order valence-corrected chi connectivity index (χ2v) is 7.16. The topological polar surface area (TPSA) is 75.6 Å². The maximum absolute atomic E-state index is 12.4. The first-order valence-corrected chi connectivity index (χ1v) is 9.45. The Morgan fingerprint density at radius 1 is 0.966 bits per heavy atom. The highest BCUT2D eigenvalue weighted by Gasteiger charge is 2.30. The van der Waals surface area contributed by atoms with Gasteiger partial charge in [0.2, 0.25) is 0 Å². The number of carboxylic acid groups (broad SMARTS) is 1. The first-order chi connectivity index (χ1) is 14.0. The lowest BCUT2D eigenvalue weighted by atomic mass is 9.98. The van der Waals surface area contributed by atoms with E-state index in [0.29, 0.717) is 5.56 Å². The summed E-state index contributed by atoms with van der Waals surface area (Å²) >= 11 is 0. The van der Waals surface area contributed by atoms with E-state index < -0.39 is 18.1 Å². The Kier molecular flexibility index (Phi) is 5.04. The minimum atomic E-state index is -1.16. The molecule has 4 rings (SSSR count). The highest BCUT2D eigenvalue weighted by atomic mass is 16.5. The molecule has 0 unspecified atom stereocenters. The molecule has 1 aliphatic rings. The number of amides is 1. The van der Waals surface area contributed by atoms with Crippen molar-refractivity contribution in [3.8, 4) is 11.1 Å². The van der Waals surface area contributed by atoms with E-state index in [2.05, 4.69) is 17.4 Å². The number of aliphatic carboxylic acids is 1. The predicted octanol–water partition coefficient (Wildman–Crippen LogP) is 4.66. The van der Waals surface area contributed by atoms with Gasteiger partial charge >= 0.3 is 12.1 Å². The van der Waals surface area contributed by atoms with Crippen molar-refractivity contribution in [2.75, 3.05) is 6.61 Å². The van der Waals surface area contributed by atoms with E-state index in [-0.39, 0.29) is 12.5 Å². The largest absolute Gasteiger partial charge is 0.479 e. The van der Waals surface area contributed by atoms with Gasteiger partial charge in [-0.2, -0.15) is 0 Å². The molecule has 0 spiro atoms. The lowest BCUT2D eigenvalue weighted by molar-refractivity contribution is -0.139. The number of carbonyl (C=O) groups excluding carboxylic acids is 1. The lowest BCUT2D eigenvalue weighted by Gasteiger charge is -2.18. The fraction of sp³-hybridized carbons (Fsp3) is 0.167. The number of hydrogen-bond donors (Lipinski definition) is 2. The van der Waals surface area contributed by atoms with Crippen LogP contribution in [0.15, 0.2) is 72.8 Å². The fourth-order valence-corrected chi connectivity index (χ4v) is 3.90. The lowest BCUT2D eigenvalue weighted by Crippen LogP contribution is -2.34. The Hall–Kier alpha value is -3.60. The van der Waals surface area contributed by atoms with Crippen LogP contribution in [0.4, 0.5) is 4.79 Å². The van der Waals surface area contributed by atoms with Gasteiger partial charge in [0.1, 0.15) is 6.61 Å². The molecular formula is C24H21NO4. The van der Waals surface area contributed by atoms with E-state index >= 15 is 0 Å². The summed E-state index contributed by atoms with van der Waals surface area (Å²) in [6.07, 6.45) is -0.749. The molecule has 5 heteroatoms. The van der Waals surface area contributed by atoms with Crippen molar-refractivity contribution in [1.82, 2.24) is 5.32 Å². The van der Waals surface area contributed by atoms with Crippen LogP contribution in [0.3, 0.4) is 0 Å². The number of alkyl carbamates (subject to hydrolysis) is 1. The van der Waals surface area contributed by atoms with Crippen molar-refractivity contribution in [3.63, 3.8) is 0 Å². The standard InChI is InChI=1S/C24H21NO4/c1-15-7-6-8-16(13-15)22(23(26)27)25-24(28)29-14-21-19-11-4-2-9-17(19)18-10-3-5-12-20(18)21/h2-13,21-22H,14H2,1H3,(H,25,28)(H,26,27)/t22-/m0/s1. The molecule has 1 atom stereocenters. The molecule has 3 aromatic rings. The van der Waals surface area contributed by atoms with Gasteiger partial charge in [-0.15, -0.1) is 0 Å². The molecule has 0 saturated carbocycles. The predicted molar refractivity (Wildman–Crippen MR) is 110 cm³/mol. The minimum absolute atomic E-state index is 0.0737. The van der Waals surface area contributed by atoms with Gasteiger partial charge < -0.3 is 15.2 Å². The first kappa shape index (κ1) is 18.7. The Balaban J connectivity index is 1.49. The monoisotopic (exact) mass is 387 g/mol. The number of hydrogen-bond acceptors (Lipinski definition) is 3. The first-order valence-electron chi connectivity index (χ1n) is 9.45. The Labute approximate surface area is 169 Å². The van der Waals surface area contributed by atoms with Crippen LogP contribution in [0.1, 0.15) is 34.2 Å². The SMILES string of the molecule is Cc1cccc([C@H](NC(=O)OCC2c3ccccc3-c3ccccc32)C(=O)O)c1. The average Bonchev–Trinajstić information content (AvgIpc) is 3.04. The zero-order valence-electron chi connectivity index (χ0n) is 16.0. The zero-order chi connectivity index (χ0) is 20.4. The van der Waals surface area contributed by atoms with Crippen LogP contribution < -0.4 is 5.32 Å². The number of carbonyl (C=O) groups is 2. The molecule has 0 bridgehead atoms. The number of fused-ring (bicyclic) bond motifs is 3. The minimum Gasteiger partial charge on any atom is -0.479 e. The second-order valence-electron chi connectivity index (χ2n) is 7.16. The molecule has 3 aromatic carbocycles. The molecule has 29 heavy (non-hydrogen) atoms. The molecule has 1 aliphatic carbocycles. The van der Waals surface area contributed by atoms with Crippen LogP contribution >= 0.6 is 0 Å². The van der Waals surface area contributed by atoms with Crippen molar-refractivity contribution in [1.29, 1.82) is 0 Å². The summed E-state index contributed by atoms with van der Waals surface area (Å²) in [5.74, 6) is -1.21. The molecule has 1 amide bonds. The van der Waals surface area contributed by atoms with Gasteiger partial charge in [-0.05, 0) is 34.7 Å². The van der Waals surface area contributed by atoms with Gasteiger partial charge in [0.15, 0.2) is 6.04 Å². The highest BCUT2D eigenvalue weighted by molar-refractivity contribution is 5.82. The van der Waals surface area contributed by atoms with Crippen molar-refractivity contribution < 1.29 is 19.4 Å². The summed E-state index contributed by atoms with van der Waals surface area (Å²) in [5, 5.41) is 12.0. The number of carboxylic acids is 1. The summed E-state index contributed by atoms with van der Waals surface area (Å²) in [6.45, 7) is 2.01. The quantitative estimate of drug-likeness (QED) is 0.668. The summed E-state index contributed by atoms with van der Waals surface area (Å²) in [4.78, 5) is 24.1. The average molecular weight is 387 g/mol. The van der Waals surface area contributed by atoms with E-state index in [4.69, 9.17) is 4.74 Å². The van der Waals surface area contributed by atoms with Crippen LogP contribution in [0.2, 0.25) is 0 Å². The number of rotatable bonds is 5. The van der Waals surface area contributed by atoms with Crippen molar-refractivity contribution in [3.05, 3.63) is 95.1 Å². The van der Waals surface area contributed by atoms with E-state index in [1.165, 1.54) is 0 Å². The Morgan fingerprint density at radius 3 is 2.17 bits per heavy atom. The molecule has 5 nitrogen and oxygen atoms in total. The van der Waals surface area contributed by atoms with Crippen LogP contribution in [0, 0.1) is 6.92 Å². The number of benzene rings is 3. The summed E-state index contributed by atoms with van der Waals surface area (Å²) in [7, 11) is 0. The van der Waals surface area contributed by atoms with Crippen molar-refractivity contribution >= 4 is 12.1 Å². The van der Waals surface area contributed by atoms with E-state index in [1.54, 1.807) is 18.2 Å². The molecule has 146 valence electrons. The van der Waals surface area contributed by atoms with Gasteiger partial charge in [0, 0.05) is 5.92 Å². The van der Waals surface area contributed by atoms with Gasteiger partial charge in [-0.1, -0.05) is 78.4 Å². The summed E-state index contributed by atoms with van der Waals surface area (Å²) in [5.41, 5.74) is 5.92. The van der Waals surface area contributed by atoms with E-state index in [1.807, 2.05) is 49.4 Å². The maximum atomic E-state index is 12.4. The van der Waals surface area contributed by atoms with Crippen molar-refractivity contribution in [2.45, 2.75) is 18.9 Å². The van der Waals surface area contributed by atoms with Crippen molar-refractivity contribution in [2.24, 2.45) is 0 Å². The van der Waals surface area contributed by atoms with E-state index in [0.717, 1.165) is 27.8 Å².